The number of nitrogens with one attached hydrogen (secondary N) is 1. The summed E-state index contributed by atoms with van der Waals surface area (Å²) in [6.45, 7) is 2.85. The highest BCUT2D eigenvalue weighted by Crippen LogP contribution is 2.17. The first-order valence-corrected chi connectivity index (χ1v) is 6.71. The molecule has 0 aromatic carbocycles. The van der Waals surface area contributed by atoms with Crippen LogP contribution in [-0.4, -0.2) is 29.3 Å². The van der Waals surface area contributed by atoms with Crippen LogP contribution in [0.25, 0.3) is 0 Å². The Labute approximate surface area is 112 Å². The van der Waals surface area contributed by atoms with Gasteiger partial charge < -0.3 is 14.7 Å². The van der Waals surface area contributed by atoms with Gasteiger partial charge in [-0.05, 0) is 25.0 Å². The van der Waals surface area contributed by atoms with Crippen LogP contribution >= 0.6 is 0 Å². The van der Waals surface area contributed by atoms with Gasteiger partial charge in [0.2, 0.25) is 0 Å². The van der Waals surface area contributed by atoms with Crippen LogP contribution in [0.3, 0.4) is 0 Å². The summed E-state index contributed by atoms with van der Waals surface area (Å²) in [5.41, 5.74) is 0. The number of piperidine rings is 1. The number of rotatable bonds is 4. The maximum absolute atomic E-state index is 5.08. The van der Waals surface area contributed by atoms with Crippen LogP contribution in [0.5, 0.6) is 0 Å². The second kappa shape index (κ2) is 5.84. The lowest BCUT2D eigenvalue weighted by molar-refractivity contribution is 0.346. The Morgan fingerprint density at radius 2 is 2.11 bits per heavy atom. The zero-order chi connectivity index (χ0) is 12.9. The molecular formula is C14H18N4O. The minimum absolute atomic E-state index is 0.546. The summed E-state index contributed by atoms with van der Waals surface area (Å²) < 4.78 is 5.08. The maximum Gasteiger partial charge on any atom is 0.150 e. The molecule has 1 N–H and O–H groups in total. The highest BCUT2D eigenvalue weighted by Gasteiger charge is 2.19. The lowest BCUT2D eigenvalue weighted by atomic mass is 10.0. The fourth-order valence-electron chi connectivity index (χ4n) is 2.43. The monoisotopic (exact) mass is 258 g/mol. The summed E-state index contributed by atoms with van der Waals surface area (Å²) in [6.07, 6.45) is 5.79. The molecule has 1 aliphatic rings. The predicted octanol–water partition coefficient (Wildman–Crippen LogP) is 1.83. The normalized spacial score (nSPS) is 16.7. The van der Waals surface area contributed by atoms with Crippen molar-refractivity contribution in [2.45, 2.75) is 25.4 Å². The topological polar surface area (TPSA) is 54.2 Å². The molecule has 19 heavy (non-hydrogen) atoms. The van der Waals surface area contributed by atoms with Crippen molar-refractivity contribution in [2.24, 2.45) is 0 Å². The second-order valence-electron chi connectivity index (χ2n) is 4.81. The smallest absolute Gasteiger partial charge is 0.150 e. The molecule has 5 nitrogen and oxygen atoms in total. The number of hydrogen-bond acceptors (Lipinski definition) is 5. The van der Waals surface area contributed by atoms with Crippen molar-refractivity contribution in [2.75, 3.05) is 18.0 Å². The van der Waals surface area contributed by atoms with Crippen LogP contribution in [-0.2, 0) is 6.54 Å². The standard InChI is InChI=1S/C14H18N4O/c1-2-7-15-14(3-1)18-9-5-12(6-10-18)16-11-13-4-8-17-19-13/h1-4,7-8,12,16H,5-6,9-11H2. The molecule has 0 bridgehead atoms. The molecule has 0 aliphatic carbocycles. The van der Waals surface area contributed by atoms with Gasteiger partial charge in [-0.3, -0.25) is 0 Å². The van der Waals surface area contributed by atoms with E-state index in [9.17, 15) is 0 Å². The van der Waals surface area contributed by atoms with E-state index < -0.39 is 0 Å². The van der Waals surface area contributed by atoms with E-state index in [1.165, 1.54) is 0 Å². The van der Waals surface area contributed by atoms with E-state index in [0.717, 1.165) is 44.1 Å². The Bertz CT molecular complexity index is 477. The molecule has 0 unspecified atom stereocenters. The number of pyridine rings is 1. The third-order valence-electron chi connectivity index (χ3n) is 3.52. The van der Waals surface area contributed by atoms with Crippen molar-refractivity contribution in [3.8, 4) is 0 Å². The first-order valence-electron chi connectivity index (χ1n) is 6.71. The van der Waals surface area contributed by atoms with E-state index in [1.807, 2.05) is 24.4 Å². The van der Waals surface area contributed by atoms with E-state index in [1.54, 1.807) is 6.20 Å². The van der Waals surface area contributed by atoms with Gasteiger partial charge in [0.05, 0.1) is 12.7 Å². The zero-order valence-corrected chi connectivity index (χ0v) is 10.8. The quantitative estimate of drug-likeness (QED) is 0.906. The lowest BCUT2D eigenvalue weighted by Gasteiger charge is -2.33. The summed E-state index contributed by atoms with van der Waals surface area (Å²) in [4.78, 5) is 6.74. The van der Waals surface area contributed by atoms with E-state index in [0.29, 0.717) is 6.04 Å². The fraction of sp³-hybridized carbons (Fsp3) is 0.429. The highest BCUT2D eigenvalue weighted by atomic mass is 16.5. The molecule has 5 heteroatoms. The van der Waals surface area contributed by atoms with Crippen molar-refractivity contribution < 1.29 is 4.52 Å². The molecular weight excluding hydrogens is 240 g/mol. The molecule has 0 saturated carbocycles. The molecule has 1 fully saturated rings. The van der Waals surface area contributed by atoms with Crippen LogP contribution in [0.15, 0.2) is 41.2 Å². The van der Waals surface area contributed by atoms with E-state index in [2.05, 4.69) is 26.4 Å². The molecule has 3 heterocycles. The molecule has 2 aromatic heterocycles. The molecule has 1 aliphatic heterocycles. The maximum atomic E-state index is 5.08. The SMILES string of the molecule is c1ccc(N2CCC(NCc3ccno3)CC2)nc1. The first kappa shape index (κ1) is 12.2. The molecule has 1 saturated heterocycles. The second-order valence-corrected chi connectivity index (χ2v) is 4.81. The Morgan fingerprint density at radius 1 is 1.21 bits per heavy atom. The summed E-state index contributed by atoms with van der Waals surface area (Å²) >= 11 is 0. The Morgan fingerprint density at radius 3 is 2.79 bits per heavy atom. The van der Waals surface area contributed by atoms with Gasteiger partial charge in [-0.1, -0.05) is 11.2 Å². The van der Waals surface area contributed by atoms with Gasteiger partial charge in [-0.25, -0.2) is 4.98 Å². The van der Waals surface area contributed by atoms with Gasteiger partial charge in [-0.15, -0.1) is 0 Å². The molecule has 0 amide bonds. The number of nitrogens with zero attached hydrogens (tertiary/aromatic N) is 3. The van der Waals surface area contributed by atoms with Crippen LogP contribution in [0, 0.1) is 0 Å². The van der Waals surface area contributed by atoms with Crippen molar-refractivity contribution in [1.82, 2.24) is 15.5 Å². The Hall–Kier alpha value is -1.88. The molecule has 2 aromatic rings. The van der Waals surface area contributed by atoms with Crippen LogP contribution in [0.1, 0.15) is 18.6 Å². The number of hydrogen-bond donors (Lipinski definition) is 1. The average molecular weight is 258 g/mol. The van der Waals surface area contributed by atoms with E-state index in [-0.39, 0.29) is 0 Å². The van der Waals surface area contributed by atoms with Gasteiger partial charge >= 0.3 is 0 Å². The molecule has 3 rings (SSSR count). The van der Waals surface area contributed by atoms with Crippen molar-refractivity contribution in [1.29, 1.82) is 0 Å². The van der Waals surface area contributed by atoms with Gasteiger partial charge in [0, 0.05) is 31.4 Å². The summed E-state index contributed by atoms with van der Waals surface area (Å²) in [5.74, 6) is 1.98. The van der Waals surface area contributed by atoms with E-state index >= 15 is 0 Å². The Kier molecular flexibility index (Phi) is 3.74. The van der Waals surface area contributed by atoms with Gasteiger partial charge in [0.25, 0.3) is 0 Å². The first-order chi connectivity index (χ1) is 9.42. The molecule has 0 radical (unpaired) electrons. The summed E-state index contributed by atoms with van der Waals surface area (Å²) in [7, 11) is 0. The third kappa shape index (κ3) is 3.12. The van der Waals surface area contributed by atoms with Crippen LogP contribution < -0.4 is 10.2 Å². The Balaban J connectivity index is 1.47. The van der Waals surface area contributed by atoms with Gasteiger partial charge in [0.1, 0.15) is 11.6 Å². The molecule has 0 spiro atoms. The van der Waals surface area contributed by atoms with Crippen molar-refractivity contribution in [3.05, 3.63) is 42.4 Å². The van der Waals surface area contributed by atoms with Gasteiger partial charge in [-0.2, -0.15) is 0 Å². The number of aromatic nitrogens is 2. The fourth-order valence-corrected chi connectivity index (χ4v) is 2.43. The van der Waals surface area contributed by atoms with Crippen molar-refractivity contribution in [3.63, 3.8) is 0 Å². The average Bonchev–Trinajstić information content (AvgIpc) is 3.00. The van der Waals surface area contributed by atoms with Crippen LogP contribution in [0.4, 0.5) is 5.82 Å². The minimum Gasteiger partial charge on any atom is -0.360 e. The molecule has 100 valence electrons. The summed E-state index contributed by atoms with van der Waals surface area (Å²) in [5, 5.41) is 7.22. The molecule has 0 atom stereocenters. The number of anilines is 1. The largest absolute Gasteiger partial charge is 0.360 e. The van der Waals surface area contributed by atoms with E-state index in [4.69, 9.17) is 4.52 Å². The van der Waals surface area contributed by atoms with Crippen LogP contribution in [0.2, 0.25) is 0 Å². The van der Waals surface area contributed by atoms with Gasteiger partial charge in [0.15, 0.2) is 0 Å². The minimum atomic E-state index is 0.546. The summed E-state index contributed by atoms with van der Waals surface area (Å²) in [6, 6.07) is 8.51. The zero-order valence-electron chi connectivity index (χ0n) is 10.8. The highest BCUT2D eigenvalue weighted by molar-refractivity contribution is 5.38. The predicted molar refractivity (Wildman–Crippen MR) is 72.8 cm³/mol. The van der Waals surface area contributed by atoms with Crippen molar-refractivity contribution >= 4 is 5.82 Å². The lowest BCUT2D eigenvalue weighted by Crippen LogP contribution is -2.42. The third-order valence-corrected chi connectivity index (χ3v) is 3.52.